The second kappa shape index (κ2) is 8.35. The average Bonchev–Trinajstić information content (AvgIpc) is 3.35. The molecule has 0 saturated carbocycles. The second-order valence-corrected chi connectivity index (χ2v) is 7.44. The van der Waals surface area contributed by atoms with Gasteiger partial charge in [-0.3, -0.25) is 14.0 Å². The lowest BCUT2D eigenvalue weighted by atomic mass is 10.0. The molecule has 3 aromatic rings. The number of benzene rings is 1. The molecule has 142 valence electrons. The van der Waals surface area contributed by atoms with E-state index in [1.165, 1.54) is 5.69 Å². The van der Waals surface area contributed by atoms with Crippen LogP contribution in [0, 0.1) is 0 Å². The van der Waals surface area contributed by atoms with Crippen molar-refractivity contribution in [2.24, 2.45) is 0 Å². The van der Waals surface area contributed by atoms with Gasteiger partial charge < -0.3 is 5.32 Å². The van der Waals surface area contributed by atoms with Crippen LogP contribution in [0.25, 0.3) is 11.3 Å². The molecule has 5 heteroatoms. The molecule has 0 saturated heterocycles. The van der Waals surface area contributed by atoms with Crippen molar-refractivity contribution < 1.29 is 4.79 Å². The number of carbonyl (C=O) groups excluding carboxylic acids is 1. The molecule has 0 bridgehead atoms. The highest BCUT2D eigenvalue weighted by Crippen LogP contribution is 2.20. The Hall–Kier alpha value is -2.66. The fourth-order valence-corrected chi connectivity index (χ4v) is 3.06. The van der Waals surface area contributed by atoms with Crippen LogP contribution in [0.15, 0.2) is 60.9 Å². The van der Waals surface area contributed by atoms with E-state index in [1.807, 2.05) is 30.3 Å². The Morgan fingerprint density at radius 1 is 1.11 bits per heavy atom. The molecule has 0 unspecified atom stereocenters. The van der Waals surface area contributed by atoms with Gasteiger partial charge in [0.1, 0.15) is 0 Å². The van der Waals surface area contributed by atoms with Crippen LogP contribution in [0.5, 0.6) is 0 Å². The van der Waals surface area contributed by atoms with Gasteiger partial charge in [0.15, 0.2) is 0 Å². The molecule has 1 aromatic carbocycles. The molecular weight excluding hydrogens is 336 g/mol. The summed E-state index contributed by atoms with van der Waals surface area (Å²) in [5.41, 5.74) is 3.22. The molecule has 0 aliphatic rings. The molecular formula is C22H28N4O. The lowest BCUT2D eigenvalue weighted by molar-refractivity contribution is 0.0899. The quantitative estimate of drug-likeness (QED) is 0.657. The van der Waals surface area contributed by atoms with Crippen LogP contribution < -0.4 is 5.32 Å². The van der Waals surface area contributed by atoms with Crippen LogP contribution in [0.2, 0.25) is 0 Å². The highest BCUT2D eigenvalue weighted by atomic mass is 16.2. The minimum absolute atomic E-state index is 0.0489. The maximum atomic E-state index is 12.2. The molecule has 5 nitrogen and oxygen atoms in total. The highest BCUT2D eigenvalue weighted by Gasteiger charge is 2.20. The third-order valence-corrected chi connectivity index (χ3v) is 4.85. The van der Waals surface area contributed by atoms with Crippen molar-refractivity contribution in [3.8, 4) is 11.3 Å². The molecule has 27 heavy (non-hydrogen) atoms. The highest BCUT2D eigenvalue weighted by molar-refractivity contribution is 5.80. The number of aryl methyl sites for hydroxylation is 2. The molecule has 0 spiro atoms. The van der Waals surface area contributed by atoms with E-state index in [2.05, 4.69) is 49.0 Å². The van der Waals surface area contributed by atoms with Gasteiger partial charge in [0.25, 0.3) is 0 Å². The van der Waals surface area contributed by atoms with Crippen molar-refractivity contribution in [1.82, 2.24) is 19.7 Å². The molecule has 1 N–H and O–H groups in total. The van der Waals surface area contributed by atoms with Crippen molar-refractivity contribution >= 4 is 5.91 Å². The third kappa shape index (κ3) is 4.95. The third-order valence-electron chi connectivity index (χ3n) is 4.85. The summed E-state index contributed by atoms with van der Waals surface area (Å²) in [6.07, 6.45) is 5.38. The SMILES string of the molecule is CCc1cc(-c2ccccc2)nn1CCC(C)(C)NCC(=O)n1cccc1. The van der Waals surface area contributed by atoms with Gasteiger partial charge in [0.05, 0.1) is 12.2 Å². The molecule has 0 amide bonds. The lowest BCUT2D eigenvalue weighted by Crippen LogP contribution is -2.44. The zero-order valence-electron chi connectivity index (χ0n) is 16.4. The molecule has 2 aromatic heterocycles. The molecule has 0 fully saturated rings. The van der Waals surface area contributed by atoms with E-state index in [1.54, 1.807) is 17.0 Å². The number of hydrogen-bond acceptors (Lipinski definition) is 3. The molecule has 3 rings (SSSR count). The van der Waals surface area contributed by atoms with Gasteiger partial charge in [-0.2, -0.15) is 5.10 Å². The van der Waals surface area contributed by atoms with E-state index < -0.39 is 0 Å². The summed E-state index contributed by atoms with van der Waals surface area (Å²) >= 11 is 0. The van der Waals surface area contributed by atoms with Gasteiger partial charge >= 0.3 is 0 Å². The normalized spacial score (nSPS) is 11.7. The molecule has 0 atom stereocenters. The van der Waals surface area contributed by atoms with Gasteiger partial charge in [-0.05, 0) is 44.9 Å². The largest absolute Gasteiger partial charge is 0.303 e. The first-order valence-electron chi connectivity index (χ1n) is 9.52. The Kier molecular flexibility index (Phi) is 5.91. The van der Waals surface area contributed by atoms with E-state index in [9.17, 15) is 4.79 Å². The van der Waals surface area contributed by atoms with Crippen molar-refractivity contribution in [3.63, 3.8) is 0 Å². The molecule has 0 aliphatic heterocycles. The van der Waals surface area contributed by atoms with Crippen LogP contribution in [0.1, 0.15) is 37.7 Å². The first kappa shape index (κ1) is 19.1. The number of carbonyl (C=O) groups is 1. The lowest BCUT2D eigenvalue weighted by Gasteiger charge is -2.26. The summed E-state index contributed by atoms with van der Waals surface area (Å²) in [7, 11) is 0. The predicted octanol–water partition coefficient (Wildman–Crippen LogP) is 4.01. The van der Waals surface area contributed by atoms with Crippen molar-refractivity contribution in [3.05, 3.63) is 66.6 Å². The van der Waals surface area contributed by atoms with Gasteiger partial charge in [-0.1, -0.05) is 37.3 Å². The van der Waals surface area contributed by atoms with E-state index >= 15 is 0 Å². The van der Waals surface area contributed by atoms with Crippen molar-refractivity contribution in [2.45, 2.75) is 45.7 Å². The summed E-state index contributed by atoms with van der Waals surface area (Å²) in [6.45, 7) is 7.54. The van der Waals surface area contributed by atoms with Crippen LogP contribution in [-0.2, 0) is 13.0 Å². The van der Waals surface area contributed by atoms with Gasteiger partial charge in [0.2, 0.25) is 5.91 Å². The molecule has 2 heterocycles. The average molecular weight is 364 g/mol. The first-order chi connectivity index (χ1) is 13.0. The summed E-state index contributed by atoms with van der Waals surface area (Å²) in [5.74, 6) is 0.0489. The minimum atomic E-state index is -0.160. The van der Waals surface area contributed by atoms with Gasteiger partial charge in [-0.15, -0.1) is 0 Å². The Labute approximate surface area is 161 Å². The van der Waals surface area contributed by atoms with E-state index in [-0.39, 0.29) is 11.4 Å². The monoisotopic (exact) mass is 364 g/mol. The first-order valence-corrected chi connectivity index (χ1v) is 9.52. The Balaban J connectivity index is 1.61. The Morgan fingerprint density at radius 3 is 2.48 bits per heavy atom. The van der Waals surface area contributed by atoms with Crippen molar-refractivity contribution in [2.75, 3.05) is 6.54 Å². The van der Waals surface area contributed by atoms with Crippen LogP contribution >= 0.6 is 0 Å². The smallest absolute Gasteiger partial charge is 0.244 e. The molecule has 0 aliphatic carbocycles. The maximum absolute atomic E-state index is 12.2. The number of hydrogen-bond donors (Lipinski definition) is 1. The number of nitrogens with zero attached hydrogens (tertiary/aromatic N) is 3. The summed E-state index contributed by atoms with van der Waals surface area (Å²) in [4.78, 5) is 12.2. The number of nitrogens with one attached hydrogen (secondary N) is 1. The fraction of sp³-hybridized carbons (Fsp3) is 0.364. The summed E-state index contributed by atoms with van der Waals surface area (Å²) < 4.78 is 3.71. The van der Waals surface area contributed by atoms with E-state index in [0.717, 1.165) is 30.6 Å². The van der Waals surface area contributed by atoms with E-state index in [4.69, 9.17) is 5.10 Å². The second-order valence-electron chi connectivity index (χ2n) is 7.44. The van der Waals surface area contributed by atoms with E-state index in [0.29, 0.717) is 6.54 Å². The van der Waals surface area contributed by atoms with Crippen molar-refractivity contribution in [1.29, 1.82) is 0 Å². The van der Waals surface area contributed by atoms with Gasteiger partial charge in [0, 0.05) is 35.7 Å². The zero-order valence-corrected chi connectivity index (χ0v) is 16.4. The minimum Gasteiger partial charge on any atom is -0.303 e. The molecule has 0 radical (unpaired) electrons. The van der Waals surface area contributed by atoms with Crippen LogP contribution in [0.3, 0.4) is 0 Å². The Bertz CT molecular complexity index is 863. The van der Waals surface area contributed by atoms with Crippen LogP contribution in [0.4, 0.5) is 0 Å². The van der Waals surface area contributed by atoms with Gasteiger partial charge in [-0.25, -0.2) is 0 Å². The summed E-state index contributed by atoms with van der Waals surface area (Å²) in [5, 5.41) is 8.19. The predicted molar refractivity (Wildman–Crippen MR) is 109 cm³/mol. The Morgan fingerprint density at radius 2 is 1.81 bits per heavy atom. The zero-order chi connectivity index (χ0) is 19.3. The number of rotatable bonds is 8. The topological polar surface area (TPSA) is 51.9 Å². The van der Waals surface area contributed by atoms with Crippen LogP contribution in [-0.4, -0.2) is 32.3 Å². The summed E-state index contributed by atoms with van der Waals surface area (Å²) in [6, 6.07) is 16.2. The standard InChI is InChI=1S/C22H28N4O/c1-4-19-16-20(18-10-6-5-7-11-18)24-26(19)15-12-22(2,3)23-17-21(27)25-13-8-9-14-25/h5-11,13-14,16,23H,4,12,15,17H2,1-3H3. The fourth-order valence-electron chi connectivity index (χ4n) is 3.06. The number of aromatic nitrogens is 3. The maximum Gasteiger partial charge on any atom is 0.244 e.